The topological polar surface area (TPSA) is 36.3 Å². The van der Waals surface area contributed by atoms with Gasteiger partial charge in [-0.05, 0) is 18.6 Å². The van der Waals surface area contributed by atoms with Gasteiger partial charge in [-0.1, -0.05) is 24.6 Å². The summed E-state index contributed by atoms with van der Waals surface area (Å²) >= 11 is 6.06. The van der Waals surface area contributed by atoms with Crippen molar-refractivity contribution in [1.29, 1.82) is 5.26 Å². The molecule has 17 heavy (non-hydrogen) atoms. The van der Waals surface area contributed by atoms with Crippen molar-refractivity contribution in [2.45, 2.75) is 19.4 Å². The summed E-state index contributed by atoms with van der Waals surface area (Å²) in [6, 6.07) is 8.12. The van der Waals surface area contributed by atoms with E-state index in [0.717, 1.165) is 18.7 Å². The van der Waals surface area contributed by atoms with Crippen LogP contribution >= 0.6 is 11.6 Å². The van der Waals surface area contributed by atoms with Crippen LogP contribution in [-0.4, -0.2) is 25.8 Å². The molecule has 1 heterocycles. The standard InChI is InChI=1S/C13H15ClN2O/c1-2-10-9-17-7-6-16(10)13-5-3-4-12(14)11(13)8-15/h3-5,10H,2,6-7,9H2,1H3. The van der Waals surface area contributed by atoms with Gasteiger partial charge in [-0.3, -0.25) is 0 Å². The van der Waals surface area contributed by atoms with Crippen LogP contribution in [0.4, 0.5) is 5.69 Å². The molecule has 0 aliphatic carbocycles. The van der Waals surface area contributed by atoms with E-state index in [9.17, 15) is 5.26 Å². The lowest BCUT2D eigenvalue weighted by Crippen LogP contribution is -2.45. The molecule has 2 rings (SSSR count). The van der Waals surface area contributed by atoms with Gasteiger partial charge in [-0.15, -0.1) is 0 Å². The van der Waals surface area contributed by atoms with E-state index >= 15 is 0 Å². The minimum atomic E-state index is 0.328. The molecule has 90 valence electrons. The van der Waals surface area contributed by atoms with Crippen molar-refractivity contribution in [3.8, 4) is 6.07 Å². The van der Waals surface area contributed by atoms with Crippen molar-refractivity contribution >= 4 is 17.3 Å². The molecule has 1 aliphatic rings. The number of ether oxygens (including phenoxy) is 1. The molecule has 1 atom stereocenters. The van der Waals surface area contributed by atoms with E-state index in [0.29, 0.717) is 29.8 Å². The van der Waals surface area contributed by atoms with Crippen LogP contribution in [0, 0.1) is 11.3 Å². The van der Waals surface area contributed by atoms with Gasteiger partial charge in [0.1, 0.15) is 6.07 Å². The van der Waals surface area contributed by atoms with Crippen LogP contribution in [0.5, 0.6) is 0 Å². The van der Waals surface area contributed by atoms with Gasteiger partial charge in [-0.25, -0.2) is 0 Å². The van der Waals surface area contributed by atoms with Gasteiger partial charge in [-0.2, -0.15) is 5.26 Å². The van der Waals surface area contributed by atoms with E-state index in [-0.39, 0.29) is 0 Å². The summed E-state index contributed by atoms with van der Waals surface area (Å²) in [5.74, 6) is 0. The Hall–Kier alpha value is -1.24. The lowest BCUT2D eigenvalue weighted by Gasteiger charge is -2.37. The van der Waals surface area contributed by atoms with Crippen molar-refractivity contribution in [2.24, 2.45) is 0 Å². The fourth-order valence-corrected chi connectivity index (χ4v) is 2.38. The fourth-order valence-electron chi connectivity index (χ4n) is 2.17. The van der Waals surface area contributed by atoms with Gasteiger partial charge in [0.25, 0.3) is 0 Å². The summed E-state index contributed by atoms with van der Waals surface area (Å²) in [4.78, 5) is 2.23. The molecule has 1 aliphatic heterocycles. The minimum Gasteiger partial charge on any atom is -0.377 e. The lowest BCUT2D eigenvalue weighted by atomic mass is 10.1. The third-order valence-corrected chi connectivity index (χ3v) is 3.43. The van der Waals surface area contributed by atoms with E-state index in [1.807, 2.05) is 12.1 Å². The first-order valence-electron chi connectivity index (χ1n) is 5.81. The Bertz CT molecular complexity index is 442. The molecule has 0 amide bonds. The quantitative estimate of drug-likeness (QED) is 0.810. The molecule has 0 aromatic heterocycles. The number of hydrogen-bond donors (Lipinski definition) is 0. The number of hydrogen-bond acceptors (Lipinski definition) is 3. The molecular formula is C13H15ClN2O. The molecule has 0 saturated carbocycles. The highest BCUT2D eigenvalue weighted by molar-refractivity contribution is 6.32. The van der Waals surface area contributed by atoms with Gasteiger partial charge in [0.2, 0.25) is 0 Å². The van der Waals surface area contributed by atoms with Crippen LogP contribution in [0.3, 0.4) is 0 Å². The van der Waals surface area contributed by atoms with Crippen molar-refractivity contribution in [3.05, 3.63) is 28.8 Å². The number of nitriles is 1. The number of halogens is 1. The molecule has 3 nitrogen and oxygen atoms in total. The van der Waals surface area contributed by atoms with E-state index in [2.05, 4.69) is 17.9 Å². The second-order valence-corrected chi connectivity index (χ2v) is 4.48. The Morgan fingerprint density at radius 3 is 3.12 bits per heavy atom. The van der Waals surface area contributed by atoms with Crippen LogP contribution in [0.2, 0.25) is 5.02 Å². The molecule has 1 aromatic carbocycles. The van der Waals surface area contributed by atoms with Crippen molar-refractivity contribution in [2.75, 3.05) is 24.7 Å². The van der Waals surface area contributed by atoms with Gasteiger partial charge >= 0.3 is 0 Å². The van der Waals surface area contributed by atoms with Gasteiger partial charge in [0.05, 0.1) is 35.5 Å². The van der Waals surface area contributed by atoms with Gasteiger partial charge in [0.15, 0.2) is 0 Å². The average Bonchev–Trinajstić information content (AvgIpc) is 2.38. The number of morpholine rings is 1. The summed E-state index contributed by atoms with van der Waals surface area (Å²) in [5.41, 5.74) is 1.49. The number of anilines is 1. The van der Waals surface area contributed by atoms with Gasteiger partial charge in [0, 0.05) is 6.54 Å². The minimum absolute atomic E-state index is 0.328. The first-order valence-corrected chi connectivity index (χ1v) is 6.18. The zero-order valence-electron chi connectivity index (χ0n) is 9.82. The molecule has 4 heteroatoms. The van der Waals surface area contributed by atoms with E-state index < -0.39 is 0 Å². The first kappa shape index (κ1) is 12.2. The Labute approximate surface area is 107 Å². The zero-order chi connectivity index (χ0) is 12.3. The summed E-state index contributed by atoms with van der Waals surface area (Å²) < 4.78 is 5.47. The SMILES string of the molecule is CCC1COCCN1c1cccc(Cl)c1C#N. The average molecular weight is 251 g/mol. The van der Waals surface area contributed by atoms with Crippen molar-refractivity contribution in [1.82, 2.24) is 0 Å². The third kappa shape index (κ3) is 2.38. The fraction of sp³-hybridized carbons (Fsp3) is 0.462. The van der Waals surface area contributed by atoms with Crippen LogP contribution in [-0.2, 0) is 4.74 Å². The van der Waals surface area contributed by atoms with Crippen LogP contribution < -0.4 is 4.90 Å². The summed E-state index contributed by atoms with van der Waals surface area (Å²) in [6.07, 6.45) is 0.997. The maximum Gasteiger partial charge on any atom is 0.103 e. The Morgan fingerprint density at radius 2 is 2.41 bits per heavy atom. The second-order valence-electron chi connectivity index (χ2n) is 4.08. The predicted octanol–water partition coefficient (Wildman–Crippen LogP) is 2.83. The molecule has 0 N–H and O–H groups in total. The summed E-state index contributed by atoms with van der Waals surface area (Å²) in [6.45, 7) is 4.36. The Morgan fingerprint density at radius 1 is 1.59 bits per heavy atom. The monoisotopic (exact) mass is 250 g/mol. The molecule has 1 saturated heterocycles. The normalized spacial score (nSPS) is 20.1. The molecule has 1 unspecified atom stereocenters. The number of nitrogens with zero attached hydrogens (tertiary/aromatic N) is 2. The zero-order valence-corrected chi connectivity index (χ0v) is 10.6. The largest absolute Gasteiger partial charge is 0.377 e. The molecule has 1 aromatic rings. The highest BCUT2D eigenvalue weighted by Crippen LogP contribution is 2.29. The highest BCUT2D eigenvalue weighted by Gasteiger charge is 2.24. The predicted molar refractivity (Wildman–Crippen MR) is 68.4 cm³/mol. The summed E-state index contributed by atoms with van der Waals surface area (Å²) in [7, 11) is 0. The molecular weight excluding hydrogens is 236 g/mol. The van der Waals surface area contributed by atoms with E-state index in [1.54, 1.807) is 6.07 Å². The summed E-state index contributed by atoms with van der Waals surface area (Å²) in [5, 5.41) is 9.72. The Kier molecular flexibility index (Phi) is 3.88. The van der Waals surface area contributed by atoms with E-state index in [1.165, 1.54) is 0 Å². The third-order valence-electron chi connectivity index (χ3n) is 3.11. The molecule has 1 fully saturated rings. The highest BCUT2D eigenvalue weighted by atomic mass is 35.5. The number of rotatable bonds is 2. The van der Waals surface area contributed by atoms with Crippen molar-refractivity contribution < 1.29 is 4.74 Å². The van der Waals surface area contributed by atoms with Crippen LogP contribution in [0.15, 0.2) is 18.2 Å². The molecule has 0 spiro atoms. The maximum atomic E-state index is 9.20. The molecule has 0 bridgehead atoms. The van der Waals surface area contributed by atoms with Crippen LogP contribution in [0.1, 0.15) is 18.9 Å². The van der Waals surface area contributed by atoms with Crippen LogP contribution in [0.25, 0.3) is 0 Å². The first-order chi connectivity index (χ1) is 8.27. The number of benzene rings is 1. The van der Waals surface area contributed by atoms with E-state index in [4.69, 9.17) is 16.3 Å². The van der Waals surface area contributed by atoms with Crippen molar-refractivity contribution in [3.63, 3.8) is 0 Å². The second kappa shape index (κ2) is 5.39. The maximum absolute atomic E-state index is 9.20. The lowest BCUT2D eigenvalue weighted by molar-refractivity contribution is 0.0930. The Balaban J connectivity index is 2.38. The smallest absolute Gasteiger partial charge is 0.103 e. The molecule has 0 radical (unpaired) electrons. The van der Waals surface area contributed by atoms with Gasteiger partial charge < -0.3 is 9.64 Å².